The lowest BCUT2D eigenvalue weighted by Crippen LogP contribution is -2.35. The third-order valence-electron chi connectivity index (χ3n) is 2.54. The first kappa shape index (κ1) is 10.3. The van der Waals surface area contributed by atoms with Crippen LogP contribution in [-0.2, 0) is 0 Å². The van der Waals surface area contributed by atoms with Crippen molar-refractivity contribution in [3.8, 4) is 0 Å². The molecule has 0 aliphatic heterocycles. The minimum Gasteiger partial charge on any atom is -0.271 e. The van der Waals surface area contributed by atoms with Crippen LogP contribution >= 0.6 is 11.6 Å². The van der Waals surface area contributed by atoms with E-state index in [1.54, 1.807) is 0 Å². The minimum absolute atomic E-state index is 0.490. The van der Waals surface area contributed by atoms with Gasteiger partial charge in [-0.3, -0.25) is 11.3 Å². The molecule has 0 saturated heterocycles. The first-order valence-electron chi connectivity index (χ1n) is 4.89. The SMILES string of the molecule is NNC(CCCCl)CCC1CC1. The minimum atomic E-state index is 0.490. The fourth-order valence-electron chi connectivity index (χ4n) is 1.48. The molecule has 1 aliphatic rings. The molecule has 0 heterocycles. The summed E-state index contributed by atoms with van der Waals surface area (Å²) in [5, 5.41) is 0. The van der Waals surface area contributed by atoms with E-state index < -0.39 is 0 Å². The summed E-state index contributed by atoms with van der Waals surface area (Å²) >= 11 is 5.61. The Morgan fingerprint density at radius 3 is 2.67 bits per heavy atom. The van der Waals surface area contributed by atoms with Gasteiger partial charge in [0.25, 0.3) is 0 Å². The Morgan fingerprint density at radius 1 is 1.42 bits per heavy atom. The summed E-state index contributed by atoms with van der Waals surface area (Å²) in [6.45, 7) is 0. The number of nitrogens with two attached hydrogens (primary N) is 1. The zero-order valence-corrected chi connectivity index (χ0v) is 8.32. The highest BCUT2D eigenvalue weighted by Gasteiger charge is 2.21. The summed E-state index contributed by atoms with van der Waals surface area (Å²) in [5.41, 5.74) is 2.86. The van der Waals surface area contributed by atoms with Crippen LogP contribution in [0.15, 0.2) is 0 Å². The number of rotatable bonds is 7. The quantitative estimate of drug-likeness (QED) is 0.366. The topological polar surface area (TPSA) is 38.0 Å². The maximum Gasteiger partial charge on any atom is 0.0224 e. The Bertz CT molecular complexity index is 115. The molecule has 0 radical (unpaired) electrons. The molecule has 1 aliphatic carbocycles. The maximum atomic E-state index is 5.61. The molecule has 0 aromatic carbocycles. The summed E-state index contributed by atoms with van der Waals surface area (Å²) in [5.74, 6) is 7.19. The smallest absolute Gasteiger partial charge is 0.0224 e. The first-order chi connectivity index (χ1) is 5.86. The van der Waals surface area contributed by atoms with Crippen LogP contribution in [0.25, 0.3) is 0 Å². The second-order valence-corrected chi connectivity index (χ2v) is 4.09. The Morgan fingerprint density at radius 2 is 2.17 bits per heavy atom. The van der Waals surface area contributed by atoms with Crippen LogP contribution < -0.4 is 11.3 Å². The van der Waals surface area contributed by atoms with E-state index in [0.29, 0.717) is 6.04 Å². The zero-order chi connectivity index (χ0) is 8.81. The van der Waals surface area contributed by atoms with Crippen LogP contribution in [0.4, 0.5) is 0 Å². The molecule has 12 heavy (non-hydrogen) atoms. The van der Waals surface area contributed by atoms with Crippen LogP contribution in [0, 0.1) is 5.92 Å². The Balaban J connectivity index is 1.98. The lowest BCUT2D eigenvalue weighted by atomic mass is 10.1. The van der Waals surface area contributed by atoms with Gasteiger partial charge < -0.3 is 0 Å². The van der Waals surface area contributed by atoms with Crippen molar-refractivity contribution < 1.29 is 0 Å². The number of hydrogen-bond acceptors (Lipinski definition) is 2. The lowest BCUT2D eigenvalue weighted by molar-refractivity contribution is 0.436. The molecule has 1 fully saturated rings. The Kier molecular flexibility index (Phi) is 4.96. The fourth-order valence-corrected chi connectivity index (χ4v) is 1.63. The van der Waals surface area contributed by atoms with Crippen LogP contribution in [0.3, 0.4) is 0 Å². The molecular formula is C9H19ClN2. The molecule has 0 aromatic heterocycles. The van der Waals surface area contributed by atoms with E-state index in [2.05, 4.69) is 5.43 Å². The standard InChI is InChI=1S/C9H19ClN2/c10-7-1-2-9(12-11)6-5-8-3-4-8/h8-9,12H,1-7,11H2. The highest BCUT2D eigenvalue weighted by molar-refractivity contribution is 6.17. The molecular weight excluding hydrogens is 172 g/mol. The number of nitrogens with one attached hydrogen (secondary N) is 1. The van der Waals surface area contributed by atoms with Gasteiger partial charge in [-0.05, 0) is 31.6 Å². The third kappa shape index (κ3) is 4.29. The first-order valence-corrected chi connectivity index (χ1v) is 5.42. The lowest BCUT2D eigenvalue weighted by Gasteiger charge is -2.14. The van der Waals surface area contributed by atoms with Gasteiger partial charge in [-0.25, -0.2) is 0 Å². The average molecular weight is 191 g/mol. The van der Waals surface area contributed by atoms with Gasteiger partial charge in [-0.2, -0.15) is 0 Å². The van der Waals surface area contributed by atoms with Crippen molar-refractivity contribution in [2.75, 3.05) is 5.88 Å². The van der Waals surface area contributed by atoms with E-state index in [1.165, 1.54) is 25.7 Å². The van der Waals surface area contributed by atoms with Gasteiger partial charge in [0.15, 0.2) is 0 Å². The molecule has 1 unspecified atom stereocenters. The molecule has 1 saturated carbocycles. The monoisotopic (exact) mass is 190 g/mol. The Labute approximate surface area is 79.8 Å². The molecule has 1 rings (SSSR count). The summed E-state index contributed by atoms with van der Waals surface area (Å²) in [6.07, 6.45) is 7.63. The van der Waals surface area contributed by atoms with Crippen LogP contribution in [0.2, 0.25) is 0 Å². The molecule has 1 atom stereocenters. The van der Waals surface area contributed by atoms with E-state index in [9.17, 15) is 0 Å². The van der Waals surface area contributed by atoms with Gasteiger partial charge in [0.2, 0.25) is 0 Å². The number of hydrogen-bond donors (Lipinski definition) is 2. The summed E-state index contributed by atoms with van der Waals surface area (Å²) in [7, 11) is 0. The molecule has 0 bridgehead atoms. The van der Waals surface area contributed by atoms with E-state index in [1.807, 2.05) is 0 Å². The normalized spacial score (nSPS) is 19.5. The molecule has 0 spiro atoms. The summed E-state index contributed by atoms with van der Waals surface area (Å²) < 4.78 is 0. The van der Waals surface area contributed by atoms with Crippen LogP contribution in [0.1, 0.15) is 38.5 Å². The average Bonchev–Trinajstić information content (AvgIpc) is 2.89. The van der Waals surface area contributed by atoms with Crippen LogP contribution in [0.5, 0.6) is 0 Å². The number of halogens is 1. The number of hydrazine groups is 1. The van der Waals surface area contributed by atoms with Crippen molar-refractivity contribution in [1.82, 2.24) is 5.43 Å². The van der Waals surface area contributed by atoms with Gasteiger partial charge in [-0.1, -0.05) is 12.8 Å². The second-order valence-electron chi connectivity index (χ2n) is 3.72. The largest absolute Gasteiger partial charge is 0.271 e. The van der Waals surface area contributed by atoms with E-state index in [0.717, 1.165) is 24.6 Å². The van der Waals surface area contributed by atoms with Gasteiger partial charge in [0, 0.05) is 11.9 Å². The summed E-state index contributed by atoms with van der Waals surface area (Å²) in [4.78, 5) is 0. The predicted octanol–water partition coefficient (Wildman–Crippen LogP) is 2.03. The van der Waals surface area contributed by atoms with Gasteiger partial charge in [0.1, 0.15) is 0 Å². The molecule has 2 nitrogen and oxygen atoms in total. The van der Waals surface area contributed by atoms with Crippen molar-refractivity contribution in [1.29, 1.82) is 0 Å². The van der Waals surface area contributed by atoms with Crippen molar-refractivity contribution >= 4 is 11.6 Å². The summed E-state index contributed by atoms with van der Waals surface area (Å²) in [6, 6.07) is 0.490. The molecule has 0 amide bonds. The third-order valence-corrected chi connectivity index (χ3v) is 2.81. The number of alkyl halides is 1. The van der Waals surface area contributed by atoms with Gasteiger partial charge in [0.05, 0.1) is 0 Å². The molecule has 3 heteroatoms. The van der Waals surface area contributed by atoms with E-state index in [4.69, 9.17) is 17.4 Å². The van der Waals surface area contributed by atoms with Crippen molar-refractivity contribution in [2.24, 2.45) is 11.8 Å². The van der Waals surface area contributed by atoms with Gasteiger partial charge in [-0.15, -0.1) is 11.6 Å². The van der Waals surface area contributed by atoms with Crippen molar-refractivity contribution in [3.63, 3.8) is 0 Å². The van der Waals surface area contributed by atoms with Crippen molar-refractivity contribution in [2.45, 2.75) is 44.6 Å². The second kappa shape index (κ2) is 5.79. The fraction of sp³-hybridized carbons (Fsp3) is 1.00. The van der Waals surface area contributed by atoms with Crippen LogP contribution in [-0.4, -0.2) is 11.9 Å². The molecule has 72 valence electrons. The predicted molar refractivity (Wildman–Crippen MR) is 53.0 cm³/mol. The maximum absolute atomic E-state index is 5.61. The van der Waals surface area contributed by atoms with Gasteiger partial charge >= 0.3 is 0 Å². The highest BCUT2D eigenvalue weighted by Crippen LogP contribution is 2.34. The Hall–Kier alpha value is 0.210. The van der Waals surface area contributed by atoms with Crippen molar-refractivity contribution in [3.05, 3.63) is 0 Å². The zero-order valence-electron chi connectivity index (χ0n) is 7.56. The van der Waals surface area contributed by atoms with E-state index >= 15 is 0 Å². The highest BCUT2D eigenvalue weighted by atomic mass is 35.5. The molecule has 3 N–H and O–H groups in total. The molecule has 0 aromatic rings. The van der Waals surface area contributed by atoms with E-state index in [-0.39, 0.29) is 0 Å².